The van der Waals surface area contributed by atoms with E-state index in [-0.39, 0.29) is 0 Å². The monoisotopic (exact) mass is 303 g/mol. The molecule has 1 N–H and O–H groups in total. The first-order valence-corrected chi connectivity index (χ1v) is 8.13. The Morgan fingerprint density at radius 3 is 2.86 bits per heavy atom. The Morgan fingerprint density at radius 2 is 2.10 bits per heavy atom. The zero-order valence-electron chi connectivity index (χ0n) is 12.5. The number of halogens is 1. The van der Waals surface area contributed by atoms with Crippen LogP contribution in [0.5, 0.6) is 0 Å². The summed E-state index contributed by atoms with van der Waals surface area (Å²) < 4.78 is 0. The van der Waals surface area contributed by atoms with Crippen molar-refractivity contribution in [1.82, 2.24) is 15.2 Å². The highest BCUT2D eigenvalue weighted by Crippen LogP contribution is 2.25. The SMILES string of the molecule is CCN1CCC(NCc2ccc(Cl)c3cccnc23)CC1. The van der Waals surface area contributed by atoms with E-state index >= 15 is 0 Å². The molecule has 0 atom stereocenters. The molecule has 0 spiro atoms. The van der Waals surface area contributed by atoms with Crippen LogP contribution < -0.4 is 5.32 Å². The standard InChI is InChI=1S/C17H22ClN3/c1-2-21-10-7-14(8-11-21)20-12-13-5-6-16(18)15-4-3-9-19-17(13)15/h3-6,9,14,20H,2,7-8,10-12H2,1H3. The summed E-state index contributed by atoms with van der Waals surface area (Å²) in [7, 11) is 0. The zero-order chi connectivity index (χ0) is 14.7. The van der Waals surface area contributed by atoms with Crippen LogP contribution in [-0.4, -0.2) is 35.6 Å². The van der Waals surface area contributed by atoms with Gasteiger partial charge in [0.2, 0.25) is 0 Å². The van der Waals surface area contributed by atoms with Gasteiger partial charge in [-0.05, 0) is 56.2 Å². The van der Waals surface area contributed by atoms with Gasteiger partial charge in [-0.2, -0.15) is 0 Å². The van der Waals surface area contributed by atoms with Gasteiger partial charge in [0.1, 0.15) is 0 Å². The van der Waals surface area contributed by atoms with Crippen LogP contribution in [0.3, 0.4) is 0 Å². The molecule has 2 heterocycles. The number of hydrogen-bond donors (Lipinski definition) is 1. The molecule has 0 aliphatic carbocycles. The van der Waals surface area contributed by atoms with E-state index in [0.29, 0.717) is 6.04 Å². The van der Waals surface area contributed by atoms with Crippen molar-refractivity contribution in [2.75, 3.05) is 19.6 Å². The fourth-order valence-corrected chi connectivity index (χ4v) is 3.26. The van der Waals surface area contributed by atoms with Crippen LogP contribution in [0.1, 0.15) is 25.3 Å². The van der Waals surface area contributed by atoms with Crippen LogP contribution in [0.2, 0.25) is 5.02 Å². The predicted molar refractivity (Wildman–Crippen MR) is 88.7 cm³/mol. The molecule has 112 valence electrons. The van der Waals surface area contributed by atoms with Crippen molar-refractivity contribution in [3.8, 4) is 0 Å². The van der Waals surface area contributed by atoms with Crippen molar-refractivity contribution in [3.63, 3.8) is 0 Å². The number of fused-ring (bicyclic) bond motifs is 1. The number of hydrogen-bond acceptors (Lipinski definition) is 3. The molecule has 0 bridgehead atoms. The second-order valence-electron chi connectivity index (χ2n) is 5.70. The normalized spacial score (nSPS) is 17.4. The summed E-state index contributed by atoms with van der Waals surface area (Å²) in [5.74, 6) is 0. The Morgan fingerprint density at radius 1 is 1.29 bits per heavy atom. The summed E-state index contributed by atoms with van der Waals surface area (Å²) in [5.41, 5.74) is 2.25. The van der Waals surface area contributed by atoms with Gasteiger partial charge < -0.3 is 10.2 Å². The Hall–Kier alpha value is -1.16. The molecular weight excluding hydrogens is 282 g/mol. The van der Waals surface area contributed by atoms with Crippen LogP contribution >= 0.6 is 11.6 Å². The topological polar surface area (TPSA) is 28.2 Å². The van der Waals surface area contributed by atoms with Crippen molar-refractivity contribution >= 4 is 22.5 Å². The number of nitrogens with one attached hydrogen (secondary N) is 1. The molecule has 1 aromatic carbocycles. The number of aromatic nitrogens is 1. The number of pyridine rings is 1. The van der Waals surface area contributed by atoms with E-state index in [1.807, 2.05) is 24.4 Å². The molecule has 3 rings (SSSR count). The van der Waals surface area contributed by atoms with Crippen molar-refractivity contribution < 1.29 is 0 Å². The van der Waals surface area contributed by atoms with Crippen LogP contribution in [0, 0.1) is 0 Å². The van der Waals surface area contributed by atoms with Gasteiger partial charge in [-0.15, -0.1) is 0 Å². The number of likely N-dealkylation sites (tertiary alicyclic amines) is 1. The first kappa shape index (κ1) is 14.8. The quantitative estimate of drug-likeness (QED) is 0.937. The molecule has 3 nitrogen and oxygen atoms in total. The van der Waals surface area contributed by atoms with Gasteiger partial charge in [-0.3, -0.25) is 4.98 Å². The van der Waals surface area contributed by atoms with E-state index in [1.165, 1.54) is 38.0 Å². The van der Waals surface area contributed by atoms with Crippen molar-refractivity contribution in [2.24, 2.45) is 0 Å². The Labute approximate surface area is 131 Å². The second-order valence-corrected chi connectivity index (χ2v) is 6.10. The summed E-state index contributed by atoms with van der Waals surface area (Å²) in [6.45, 7) is 6.67. The maximum Gasteiger partial charge on any atom is 0.0761 e. The lowest BCUT2D eigenvalue weighted by molar-refractivity contribution is 0.206. The van der Waals surface area contributed by atoms with Crippen LogP contribution in [0.4, 0.5) is 0 Å². The van der Waals surface area contributed by atoms with Gasteiger partial charge in [0.05, 0.1) is 5.52 Å². The maximum absolute atomic E-state index is 6.24. The second kappa shape index (κ2) is 6.73. The smallest absolute Gasteiger partial charge is 0.0761 e. The van der Waals surface area contributed by atoms with E-state index < -0.39 is 0 Å². The minimum absolute atomic E-state index is 0.613. The molecule has 1 saturated heterocycles. The molecule has 1 fully saturated rings. The molecular formula is C17H22ClN3. The zero-order valence-corrected chi connectivity index (χ0v) is 13.2. The van der Waals surface area contributed by atoms with E-state index in [9.17, 15) is 0 Å². The molecule has 0 radical (unpaired) electrons. The van der Waals surface area contributed by atoms with Crippen molar-refractivity contribution in [2.45, 2.75) is 32.4 Å². The molecule has 0 unspecified atom stereocenters. The van der Waals surface area contributed by atoms with Gasteiger partial charge in [0.15, 0.2) is 0 Å². The summed E-state index contributed by atoms with van der Waals surface area (Å²) in [5, 5.41) is 5.50. The summed E-state index contributed by atoms with van der Waals surface area (Å²) >= 11 is 6.24. The third-order valence-electron chi connectivity index (χ3n) is 4.42. The number of rotatable bonds is 4. The third-order valence-corrected chi connectivity index (χ3v) is 4.75. The van der Waals surface area contributed by atoms with Crippen molar-refractivity contribution in [3.05, 3.63) is 41.0 Å². The van der Waals surface area contributed by atoms with Gasteiger partial charge in [0, 0.05) is 29.2 Å². The number of piperidine rings is 1. The minimum atomic E-state index is 0.613. The fourth-order valence-electron chi connectivity index (χ4n) is 3.05. The maximum atomic E-state index is 6.24. The first-order chi connectivity index (χ1) is 10.3. The Bertz CT molecular complexity index is 606. The van der Waals surface area contributed by atoms with E-state index in [4.69, 9.17) is 11.6 Å². The lowest BCUT2D eigenvalue weighted by Crippen LogP contribution is -2.42. The van der Waals surface area contributed by atoms with Crippen LogP contribution in [0.25, 0.3) is 10.9 Å². The third kappa shape index (κ3) is 3.37. The molecule has 1 aromatic heterocycles. The molecule has 0 saturated carbocycles. The summed E-state index contributed by atoms with van der Waals surface area (Å²) in [6, 6.07) is 8.65. The molecule has 1 aliphatic heterocycles. The van der Waals surface area contributed by atoms with Gasteiger partial charge >= 0.3 is 0 Å². The average Bonchev–Trinajstić information content (AvgIpc) is 2.55. The van der Waals surface area contributed by atoms with Crippen LogP contribution in [-0.2, 0) is 6.54 Å². The molecule has 2 aromatic rings. The summed E-state index contributed by atoms with van der Waals surface area (Å²) in [6.07, 6.45) is 4.29. The predicted octanol–water partition coefficient (Wildman–Crippen LogP) is 3.46. The summed E-state index contributed by atoms with van der Waals surface area (Å²) in [4.78, 5) is 7.01. The number of nitrogens with zero attached hydrogens (tertiary/aromatic N) is 2. The van der Waals surface area contributed by atoms with Crippen LogP contribution in [0.15, 0.2) is 30.5 Å². The highest BCUT2D eigenvalue weighted by atomic mass is 35.5. The fraction of sp³-hybridized carbons (Fsp3) is 0.471. The largest absolute Gasteiger partial charge is 0.310 e. The van der Waals surface area contributed by atoms with Gasteiger partial charge in [0.25, 0.3) is 0 Å². The highest BCUT2D eigenvalue weighted by Gasteiger charge is 2.17. The Kier molecular flexibility index (Phi) is 4.73. The highest BCUT2D eigenvalue weighted by molar-refractivity contribution is 6.35. The molecule has 0 amide bonds. The molecule has 21 heavy (non-hydrogen) atoms. The average molecular weight is 304 g/mol. The van der Waals surface area contributed by atoms with E-state index in [1.54, 1.807) is 0 Å². The Balaban J connectivity index is 1.67. The van der Waals surface area contributed by atoms with Gasteiger partial charge in [-0.1, -0.05) is 24.6 Å². The number of benzene rings is 1. The van der Waals surface area contributed by atoms with Crippen molar-refractivity contribution in [1.29, 1.82) is 0 Å². The lowest BCUT2D eigenvalue weighted by atomic mass is 10.0. The molecule has 4 heteroatoms. The first-order valence-electron chi connectivity index (χ1n) is 7.75. The van der Waals surface area contributed by atoms with Gasteiger partial charge in [-0.25, -0.2) is 0 Å². The molecule has 1 aliphatic rings. The van der Waals surface area contributed by atoms with E-state index in [0.717, 1.165) is 22.5 Å². The lowest BCUT2D eigenvalue weighted by Gasteiger charge is -2.31. The van der Waals surface area contributed by atoms with E-state index in [2.05, 4.69) is 28.2 Å². The minimum Gasteiger partial charge on any atom is -0.310 e.